The Kier molecular flexibility index (Phi) is 4.12. The van der Waals surface area contributed by atoms with Gasteiger partial charge in [-0.15, -0.1) is 0 Å². The smallest absolute Gasteiger partial charge is 0.345 e. The maximum absolute atomic E-state index is 12.4. The third kappa shape index (κ3) is 2.95. The molecular weight excluding hydrogens is 294 g/mol. The number of aliphatic hydroxyl groups is 1. The summed E-state index contributed by atoms with van der Waals surface area (Å²) in [5, 5.41) is 10.8. The minimum atomic E-state index is -0.553. The van der Waals surface area contributed by atoms with Crippen LogP contribution in [0.1, 0.15) is 26.3 Å². The van der Waals surface area contributed by atoms with Gasteiger partial charge in [-0.2, -0.15) is 0 Å². The van der Waals surface area contributed by atoms with Gasteiger partial charge in [-0.25, -0.2) is 9.78 Å². The van der Waals surface area contributed by atoms with E-state index < -0.39 is 5.97 Å². The highest BCUT2D eigenvalue weighted by molar-refractivity contribution is 6.05. The molecule has 3 aromatic rings. The zero-order chi connectivity index (χ0) is 16.2. The third-order valence-corrected chi connectivity index (χ3v) is 3.50. The van der Waals surface area contributed by atoms with E-state index in [4.69, 9.17) is 9.84 Å². The lowest BCUT2D eigenvalue weighted by Gasteiger charge is -2.08. The number of esters is 1. The number of carbonyl (C=O) groups excluding carboxylic acids is 2. The predicted octanol–water partition coefficient (Wildman–Crippen LogP) is 2.76. The van der Waals surface area contributed by atoms with Crippen molar-refractivity contribution in [1.29, 1.82) is 0 Å². The Morgan fingerprint density at radius 1 is 1.17 bits per heavy atom. The van der Waals surface area contributed by atoms with Gasteiger partial charge < -0.3 is 9.84 Å². The number of aliphatic hydroxyl groups excluding tert-OH is 1. The lowest BCUT2D eigenvalue weighted by molar-refractivity contribution is 0.0728. The number of hydrogen-bond acceptors (Lipinski definition) is 5. The lowest BCUT2D eigenvalue weighted by atomic mass is 10.0. The van der Waals surface area contributed by atoms with Crippen molar-refractivity contribution in [2.24, 2.45) is 0 Å². The Balaban J connectivity index is 1.93. The fourth-order valence-electron chi connectivity index (χ4n) is 2.33. The van der Waals surface area contributed by atoms with E-state index in [1.54, 1.807) is 12.1 Å². The van der Waals surface area contributed by atoms with Gasteiger partial charge in [-0.05, 0) is 16.8 Å². The van der Waals surface area contributed by atoms with E-state index in [1.807, 2.05) is 30.3 Å². The molecule has 0 bridgehead atoms. The van der Waals surface area contributed by atoms with Crippen LogP contribution in [0.4, 0.5) is 0 Å². The van der Waals surface area contributed by atoms with Gasteiger partial charge in [0.15, 0.2) is 6.29 Å². The zero-order valence-corrected chi connectivity index (χ0v) is 12.1. The van der Waals surface area contributed by atoms with Crippen LogP contribution < -0.4 is 4.74 Å². The van der Waals surface area contributed by atoms with Crippen molar-refractivity contribution in [3.05, 3.63) is 71.4 Å². The van der Waals surface area contributed by atoms with Crippen molar-refractivity contribution in [2.45, 2.75) is 6.61 Å². The fourth-order valence-corrected chi connectivity index (χ4v) is 2.33. The third-order valence-electron chi connectivity index (χ3n) is 3.50. The molecular formula is C18H13NO4. The van der Waals surface area contributed by atoms with Gasteiger partial charge in [0.05, 0.1) is 12.2 Å². The van der Waals surface area contributed by atoms with Crippen LogP contribution in [0.3, 0.4) is 0 Å². The van der Waals surface area contributed by atoms with Crippen LogP contribution >= 0.6 is 0 Å². The lowest BCUT2D eigenvalue weighted by Crippen LogP contribution is -2.10. The van der Waals surface area contributed by atoms with Gasteiger partial charge in [0.2, 0.25) is 5.88 Å². The van der Waals surface area contributed by atoms with Crippen molar-refractivity contribution in [3.8, 4) is 5.88 Å². The second-order valence-electron chi connectivity index (χ2n) is 4.91. The molecule has 0 aliphatic heterocycles. The SMILES string of the molecule is O=Cc1cc(OC(=O)c2cccc3ccccc23)ncc1CO. The Morgan fingerprint density at radius 3 is 2.74 bits per heavy atom. The average molecular weight is 307 g/mol. The molecule has 1 N–H and O–H groups in total. The number of fused-ring (bicyclic) bond motifs is 1. The number of nitrogens with zero attached hydrogens (tertiary/aromatic N) is 1. The molecule has 1 aromatic heterocycles. The number of benzene rings is 2. The number of ether oxygens (including phenoxy) is 1. The molecule has 0 atom stereocenters. The van der Waals surface area contributed by atoms with E-state index in [2.05, 4.69) is 4.98 Å². The quantitative estimate of drug-likeness (QED) is 0.592. The summed E-state index contributed by atoms with van der Waals surface area (Å²) in [4.78, 5) is 27.3. The molecule has 5 nitrogen and oxygen atoms in total. The van der Waals surface area contributed by atoms with Crippen LogP contribution in [-0.4, -0.2) is 22.3 Å². The van der Waals surface area contributed by atoms with Gasteiger partial charge in [-0.1, -0.05) is 36.4 Å². The zero-order valence-electron chi connectivity index (χ0n) is 12.1. The van der Waals surface area contributed by atoms with Crippen molar-refractivity contribution >= 4 is 23.0 Å². The van der Waals surface area contributed by atoms with Crippen LogP contribution in [0.2, 0.25) is 0 Å². The molecule has 0 aliphatic rings. The minimum Gasteiger partial charge on any atom is -0.404 e. The summed E-state index contributed by atoms with van der Waals surface area (Å²) in [6, 6.07) is 14.2. The van der Waals surface area contributed by atoms with Gasteiger partial charge in [0.1, 0.15) is 0 Å². The number of aromatic nitrogens is 1. The first-order chi connectivity index (χ1) is 11.2. The maximum atomic E-state index is 12.4. The van der Waals surface area contributed by atoms with Crippen molar-refractivity contribution in [1.82, 2.24) is 4.98 Å². The molecule has 3 rings (SSSR count). The summed E-state index contributed by atoms with van der Waals surface area (Å²) in [6.07, 6.45) is 1.90. The first-order valence-electron chi connectivity index (χ1n) is 6.98. The maximum Gasteiger partial charge on any atom is 0.345 e. The summed E-state index contributed by atoms with van der Waals surface area (Å²) >= 11 is 0. The molecule has 0 spiro atoms. The van der Waals surface area contributed by atoms with Crippen LogP contribution in [0.5, 0.6) is 5.88 Å². The minimum absolute atomic E-state index is 0.0160. The van der Waals surface area contributed by atoms with Gasteiger partial charge in [0, 0.05) is 23.4 Å². The van der Waals surface area contributed by atoms with E-state index in [0.717, 1.165) is 10.8 Å². The van der Waals surface area contributed by atoms with E-state index in [1.165, 1.54) is 12.3 Å². The van der Waals surface area contributed by atoms with Gasteiger partial charge in [-0.3, -0.25) is 4.79 Å². The summed E-state index contributed by atoms with van der Waals surface area (Å²) < 4.78 is 5.26. The van der Waals surface area contributed by atoms with E-state index in [9.17, 15) is 9.59 Å². The Bertz CT molecular complexity index is 884. The van der Waals surface area contributed by atoms with Crippen molar-refractivity contribution in [3.63, 3.8) is 0 Å². The number of pyridine rings is 1. The molecule has 2 aromatic carbocycles. The second-order valence-corrected chi connectivity index (χ2v) is 4.91. The number of rotatable bonds is 4. The molecule has 1 heterocycles. The largest absolute Gasteiger partial charge is 0.404 e. The summed E-state index contributed by atoms with van der Waals surface area (Å²) in [5.41, 5.74) is 1.04. The normalized spacial score (nSPS) is 10.5. The molecule has 0 fully saturated rings. The molecule has 0 aliphatic carbocycles. The number of hydrogen-bond donors (Lipinski definition) is 1. The topological polar surface area (TPSA) is 76.5 Å². The molecule has 23 heavy (non-hydrogen) atoms. The van der Waals surface area contributed by atoms with E-state index >= 15 is 0 Å². The van der Waals surface area contributed by atoms with Crippen molar-refractivity contribution in [2.75, 3.05) is 0 Å². The average Bonchev–Trinajstić information content (AvgIpc) is 2.61. The van der Waals surface area contributed by atoms with E-state index in [-0.39, 0.29) is 18.1 Å². The van der Waals surface area contributed by atoms with Crippen LogP contribution in [-0.2, 0) is 6.61 Å². The predicted molar refractivity (Wildman–Crippen MR) is 84.5 cm³/mol. The first kappa shape index (κ1) is 14.9. The Hall–Kier alpha value is -3.05. The Morgan fingerprint density at radius 2 is 1.96 bits per heavy atom. The summed E-state index contributed by atoms with van der Waals surface area (Å²) in [7, 11) is 0. The van der Waals surface area contributed by atoms with Crippen molar-refractivity contribution < 1.29 is 19.4 Å². The molecule has 0 saturated heterocycles. The molecule has 0 radical (unpaired) electrons. The molecule has 0 saturated carbocycles. The van der Waals surface area contributed by atoms with Crippen LogP contribution in [0, 0.1) is 0 Å². The number of aldehydes is 1. The standard InChI is InChI=1S/C18H13NO4/c20-10-13-8-17(19-9-14(13)11-21)23-18(22)16-7-3-5-12-4-1-2-6-15(12)16/h1-10,21H,11H2. The summed E-state index contributed by atoms with van der Waals surface area (Å²) in [6.45, 7) is -0.307. The number of carbonyl (C=O) groups is 2. The highest BCUT2D eigenvalue weighted by atomic mass is 16.5. The Labute approximate surface area is 132 Å². The first-order valence-corrected chi connectivity index (χ1v) is 6.98. The van der Waals surface area contributed by atoms with Crippen LogP contribution in [0.25, 0.3) is 10.8 Å². The van der Waals surface area contributed by atoms with Gasteiger partial charge >= 0.3 is 5.97 Å². The highest BCUT2D eigenvalue weighted by Crippen LogP contribution is 2.21. The summed E-state index contributed by atoms with van der Waals surface area (Å²) in [5.74, 6) is -0.537. The fraction of sp³-hybridized carbons (Fsp3) is 0.0556. The second kappa shape index (κ2) is 6.37. The van der Waals surface area contributed by atoms with Crippen LogP contribution in [0.15, 0.2) is 54.7 Å². The van der Waals surface area contributed by atoms with Gasteiger partial charge in [0.25, 0.3) is 0 Å². The molecule has 114 valence electrons. The molecule has 0 unspecified atom stereocenters. The monoisotopic (exact) mass is 307 g/mol. The molecule has 0 amide bonds. The highest BCUT2D eigenvalue weighted by Gasteiger charge is 2.14. The van der Waals surface area contributed by atoms with E-state index in [0.29, 0.717) is 17.4 Å². The molecule has 5 heteroatoms.